The number of rotatable bonds is 8. The summed E-state index contributed by atoms with van der Waals surface area (Å²) in [5.74, 6) is 2.87. The van der Waals surface area contributed by atoms with Crippen LogP contribution in [-0.4, -0.2) is 77.8 Å². The molecule has 0 aromatic carbocycles. The second kappa shape index (κ2) is 11.4. The van der Waals surface area contributed by atoms with Crippen molar-refractivity contribution in [2.75, 3.05) is 56.6 Å². The third-order valence-corrected chi connectivity index (χ3v) is 9.93. The second-order valence-electron chi connectivity index (χ2n) is 11.6. The monoisotopic (exact) mass is 576 g/mol. The van der Waals surface area contributed by atoms with Crippen molar-refractivity contribution in [2.24, 2.45) is 11.3 Å². The summed E-state index contributed by atoms with van der Waals surface area (Å²) < 4.78 is 16.9. The zero-order valence-corrected chi connectivity index (χ0v) is 24.2. The van der Waals surface area contributed by atoms with E-state index in [-0.39, 0.29) is 6.61 Å². The molecule has 0 radical (unpaired) electrons. The Kier molecular flexibility index (Phi) is 7.44. The van der Waals surface area contributed by atoms with Gasteiger partial charge in [-0.05, 0) is 55.2 Å². The number of aromatic nitrogens is 4. The summed E-state index contributed by atoms with van der Waals surface area (Å²) >= 11 is 1.50. The van der Waals surface area contributed by atoms with Gasteiger partial charge in [-0.3, -0.25) is 4.98 Å². The van der Waals surface area contributed by atoms with Crippen LogP contribution in [-0.2, 0) is 28.9 Å². The van der Waals surface area contributed by atoms with Crippen LogP contribution in [0.3, 0.4) is 0 Å². The number of anilines is 2. The van der Waals surface area contributed by atoms with Crippen LogP contribution in [0.15, 0.2) is 46.7 Å². The van der Waals surface area contributed by atoms with Gasteiger partial charge >= 0.3 is 0 Å². The Morgan fingerprint density at radius 2 is 2.02 bits per heavy atom. The lowest BCUT2D eigenvalue weighted by molar-refractivity contribution is -0.0414. The number of fused-ring (bicyclic) bond motifs is 4. The molecule has 3 aromatic rings. The summed E-state index contributed by atoms with van der Waals surface area (Å²) in [4.78, 5) is 24.5. The molecule has 3 aliphatic heterocycles. The molecular formula is C30H36N6O4S. The number of hydrogen-bond donors (Lipinski definition) is 1. The van der Waals surface area contributed by atoms with Crippen LogP contribution < -0.4 is 14.5 Å². The second-order valence-corrected chi connectivity index (χ2v) is 12.7. The van der Waals surface area contributed by atoms with Gasteiger partial charge in [0.25, 0.3) is 0 Å². The van der Waals surface area contributed by atoms with E-state index in [1.807, 2.05) is 30.7 Å². The average molecular weight is 577 g/mol. The fraction of sp³-hybridized carbons (Fsp3) is 0.533. The van der Waals surface area contributed by atoms with Crippen molar-refractivity contribution in [3.63, 3.8) is 0 Å². The lowest BCUT2D eigenvalue weighted by Gasteiger charge is -2.40. The van der Waals surface area contributed by atoms with E-state index in [0.717, 1.165) is 79.0 Å². The average Bonchev–Trinajstić information content (AvgIpc) is 3.59. The van der Waals surface area contributed by atoms with Crippen molar-refractivity contribution in [2.45, 2.75) is 54.7 Å². The minimum absolute atomic E-state index is 0.152. The quantitative estimate of drug-likeness (QED) is 0.315. The first-order valence-electron chi connectivity index (χ1n) is 14.4. The van der Waals surface area contributed by atoms with Crippen LogP contribution in [0.2, 0.25) is 0 Å². The molecule has 2 saturated heterocycles. The molecule has 11 heteroatoms. The lowest BCUT2D eigenvalue weighted by atomic mass is 9.76. The van der Waals surface area contributed by atoms with Crippen LogP contribution in [0, 0.1) is 11.3 Å². The Hall–Kier alpha value is -2.99. The van der Waals surface area contributed by atoms with Crippen LogP contribution in [0.4, 0.5) is 11.6 Å². The molecular weight excluding hydrogens is 540 g/mol. The number of ether oxygens (including phenoxy) is 3. The highest BCUT2D eigenvalue weighted by molar-refractivity contribution is 7.99. The highest BCUT2D eigenvalue weighted by atomic mass is 32.2. The number of nitrogens with zero attached hydrogens (tertiary/aromatic N) is 6. The van der Waals surface area contributed by atoms with Crippen LogP contribution >= 0.6 is 11.8 Å². The van der Waals surface area contributed by atoms with E-state index < -0.39 is 0 Å². The van der Waals surface area contributed by atoms with E-state index >= 15 is 0 Å². The molecule has 4 aliphatic rings. The molecule has 41 heavy (non-hydrogen) atoms. The van der Waals surface area contributed by atoms with Crippen molar-refractivity contribution in [3.8, 4) is 5.75 Å². The number of aliphatic hydroxyl groups is 1. The Morgan fingerprint density at radius 1 is 1.12 bits per heavy atom. The van der Waals surface area contributed by atoms with Crippen molar-refractivity contribution < 1.29 is 19.3 Å². The zero-order chi connectivity index (χ0) is 27.8. The molecule has 0 bridgehead atoms. The van der Waals surface area contributed by atoms with Crippen LogP contribution in [0.5, 0.6) is 5.75 Å². The third-order valence-electron chi connectivity index (χ3n) is 8.98. The van der Waals surface area contributed by atoms with Gasteiger partial charge in [-0.15, -0.1) is 0 Å². The summed E-state index contributed by atoms with van der Waals surface area (Å²) in [6, 6.07) is 6.53. The molecule has 1 spiro atoms. The van der Waals surface area contributed by atoms with Gasteiger partial charge in [0.15, 0.2) is 17.4 Å². The van der Waals surface area contributed by atoms with E-state index in [4.69, 9.17) is 24.2 Å². The van der Waals surface area contributed by atoms with Gasteiger partial charge in [0, 0.05) is 50.7 Å². The van der Waals surface area contributed by atoms with E-state index in [1.165, 1.54) is 23.0 Å². The summed E-state index contributed by atoms with van der Waals surface area (Å²) in [6.45, 7) is 4.14. The molecule has 6 heterocycles. The Balaban J connectivity index is 1.03. The first-order valence-corrected chi connectivity index (χ1v) is 15.2. The summed E-state index contributed by atoms with van der Waals surface area (Å²) in [6.07, 6.45) is 10.9. The minimum Gasteiger partial charge on any atom is -0.486 e. The molecule has 10 nitrogen and oxygen atoms in total. The van der Waals surface area contributed by atoms with Gasteiger partial charge in [0.1, 0.15) is 24.1 Å². The number of pyridine rings is 2. The first kappa shape index (κ1) is 26.9. The third kappa shape index (κ3) is 5.24. The van der Waals surface area contributed by atoms with Gasteiger partial charge in [-0.2, -0.15) is 0 Å². The molecule has 2 fully saturated rings. The molecule has 0 amide bonds. The molecule has 3 aromatic heterocycles. The molecule has 2 atom stereocenters. The molecule has 0 saturated carbocycles. The standard InChI is InChI=1S/C30H36N6O4S/c1-38-19-39-17-20-11-22-18-40-27-25(4-8-32-29(27)36(22)15-20)41-26-14-33-28(24(16-37)34-26)35-9-5-30(6-10-35)12-21-3-2-7-31-23(21)13-30/h2-4,7-8,14,20,22,37H,5-6,9-13,15-19H2,1H3/t20-,22-/m1/s1. The maximum atomic E-state index is 10.3. The minimum atomic E-state index is -0.152. The van der Waals surface area contributed by atoms with Gasteiger partial charge in [-0.25, -0.2) is 15.0 Å². The van der Waals surface area contributed by atoms with Crippen molar-refractivity contribution >= 4 is 23.4 Å². The Bertz CT molecular complexity index is 1370. The number of methoxy groups -OCH3 is 1. The largest absolute Gasteiger partial charge is 0.486 e. The topological polar surface area (TPSA) is 106 Å². The Morgan fingerprint density at radius 3 is 2.85 bits per heavy atom. The molecule has 1 aliphatic carbocycles. The maximum absolute atomic E-state index is 10.3. The fourth-order valence-electron chi connectivity index (χ4n) is 6.96. The molecule has 1 N–H and O–H groups in total. The number of aliphatic hydroxyl groups excluding tert-OH is 1. The molecule has 7 rings (SSSR count). The molecule has 216 valence electrons. The normalized spacial score (nSPS) is 22.4. The number of hydrogen-bond acceptors (Lipinski definition) is 11. The molecule has 0 unspecified atom stereocenters. The predicted molar refractivity (Wildman–Crippen MR) is 154 cm³/mol. The highest BCUT2D eigenvalue weighted by Gasteiger charge is 2.41. The first-order chi connectivity index (χ1) is 20.1. The number of piperidine rings is 1. The van der Waals surface area contributed by atoms with E-state index in [9.17, 15) is 5.11 Å². The van der Waals surface area contributed by atoms with Crippen LogP contribution in [0.25, 0.3) is 0 Å². The zero-order valence-electron chi connectivity index (χ0n) is 23.4. The summed E-state index contributed by atoms with van der Waals surface area (Å²) in [5, 5.41) is 11.0. The highest BCUT2D eigenvalue weighted by Crippen LogP contribution is 2.46. The Labute approximate surface area is 244 Å². The predicted octanol–water partition coefficient (Wildman–Crippen LogP) is 3.50. The van der Waals surface area contributed by atoms with Gasteiger partial charge in [0.2, 0.25) is 0 Å². The summed E-state index contributed by atoms with van der Waals surface area (Å²) in [5.41, 5.74) is 3.57. The lowest BCUT2D eigenvalue weighted by Crippen LogP contribution is -2.41. The van der Waals surface area contributed by atoms with Crippen molar-refractivity contribution in [3.05, 3.63) is 53.7 Å². The van der Waals surface area contributed by atoms with Gasteiger partial charge in [0.05, 0.1) is 30.3 Å². The SMILES string of the molecule is COCOC[C@@H]1C[C@@H]2COc3c(Sc4cnc(N5CCC6(CC5)Cc5cccnc5C6)c(CO)n4)ccnc3N2C1. The smallest absolute Gasteiger partial charge is 0.175 e. The van der Waals surface area contributed by atoms with Gasteiger partial charge < -0.3 is 29.1 Å². The van der Waals surface area contributed by atoms with E-state index in [2.05, 4.69) is 25.8 Å². The van der Waals surface area contributed by atoms with Crippen molar-refractivity contribution in [1.82, 2.24) is 19.9 Å². The summed E-state index contributed by atoms with van der Waals surface area (Å²) in [7, 11) is 1.64. The fourth-order valence-corrected chi connectivity index (χ4v) is 7.82. The van der Waals surface area contributed by atoms with Crippen LogP contribution in [0.1, 0.15) is 36.2 Å². The van der Waals surface area contributed by atoms with E-state index in [0.29, 0.717) is 43.1 Å². The van der Waals surface area contributed by atoms with Crippen molar-refractivity contribution in [1.29, 1.82) is 0 Å². The van der Waals surface area contributed by atoms with E-state index in [1.54, 1.807) is 7.11 Å². The van der Waals surface area contributed by atoms with Gasteiger partial charge in [-0.1, -0.05) is 17.8 Å². The maximum Gasteiger partial charge on any atom is 0.175 e.